The summed E-state index contributed by atoms with van der Waals surface area (Å²) in [4.78, 5) is 10.6. The lowest BCUT2D eigenvalue weighted by Crippen LogP contribution is -2.16. The van der Waals surface area contributed by atoms with Crippen LogP contribution in [0.1, 0.15) is 21.9 Å². The van der Waals surface area contributed by atoms with E-state index >= 15 is 0 Å². The molecular formula is C10H15NO3S. The van der Waals surface area contributed by atoms with Crippen molar-refractivity contribution in [1.82, 2.24) is 5.32 Å². The molecule has 0 fully saturated rings. The van der Waals surface area contributed by atoms with Crippen LogP contribution in [-0.2, 0) is 6.54 Å². The van der Waals surface area contributed by atoms with Crippen LogP contribution in [0.15, 0.2) is 10.5 Å². The third-order valence-corrected chi connectivity index (χ3v) is 2.64. The Hall–Kier alpha value is -0.940. The van der Waals surface area contributed by atoms with Gasteiger partial charge in [-0.3, -0.25) is 0 Å². The average molecular weight is 229 g/mol. The molecular weight excluding hydrogens is 214 g/mol. The monoisotopic (exact) mass is 229 g/mol. The molecule has 0 saturated carbocycles. The van der Waals surface area contributed by atoms with Crippen molar-refractivity contribution in [2.24, 2.45) is 0 Å². The molecule has 0 atom stereocenters. The van der Waals surface area contributed by atoms with Crippen molar-refractivity contribution in [2.75, 3.05) is 18.6 Å². The lowest BCUT2D eigenvalue weighted by molar-refractivity contribution is 0.0661. The normalized spacial score (nSPS) is 10.5. The van der Waals surface area contributed by atoms with Gasteiger partial charge in [0.2, 0.25) is 5.76 Å². The summed E-state index contributed by atoms with van der Waals surface area (Å²) in [5.41, 5.74) is 0.911. The van der Waals surface area contributed by atoms with Crippen LogP contribution in [0.4, 0.5) is 0 Å². The number of hydrogen-bond acceptors (Lipinski definition) is 4. The van der Waals surface area contributed by atoms with Crippen LogP contribution in [0, 0.1) is 6.92 Å². The van der Waals surface area contributed by atoms with E-state index in [-0.39, 0.29) is 5.76 Å². The summed E-state index contributed by atoms with van der Waals surface area (Å²) in [5, 5.41) is 11.9. The molecule has 1 rings (SSSR count). The fourth-order valence-electron chi connectivity index (χ4n) is 1.20. The zero-order valence-corrected chi connectivity index (χ0v) is 9.69. The van der Waals surface area contributed by atoms with Gasteiger partial charge >= 0.3 is 5.97 Å². The van der Waals surface area contributed by atoms with Crippen LogP contribution < -0.4 is 5.32 Å². The second-order valence-electron chi connectivity index (χ2n) is 3.17. The summed E-state index contributed by atoms with van der Waals surface area (Å²) in [5.74, 6) is 0.703. The lowest BCUT2D eigenvalue weighted by atomic mass is 10.2. The largest absolute Gasteiger partial charge is 0.475 e. The molecule has 84 valence electrons. The van der Waals surface area contributed by atoms with Crippen LogP contribution in [0.5, 0.6) is 0 Å². The summed E-state index contributed by atoms with van der Waals surface area (Å²) >= 11 is 1.77. The van der Waals surface area contributed by atoms with E-state index in [1.807, 2.05) is 6.26 Å². The van der Waals surface area contributed by atoms with Gasteiger partial charge < -0.3 is 14.8 Å². The van der Waals surface area contributed by atoms with Crippen molar-refractivity contribution < 1.29 is 14.3 Å². The lowest BCUT2D eigenvalue weighted by Gasteiger charge is -2.01. The Labute approximate surface area is 93.0 Å². The quantitative estimate of drug-likeness (QED) is 0.727. The fraction of sp³-hybridized carbons (Fsp3) is 0.500. The van der Waals surface area contributed by atoms with E-state index in [2.05, 4.69) is 5.32 Å². The molecule has 0 unspecified atom stereocenters. The van der Waals surface area contributed by atoms with Crippen LogP contribution in [0.2, 0.25) is 0 Å². The van der Waals surface area contributed by atoms with Crippen molar-refractivity contribution in [1.29, 1.82) is 0 Å². The number of carbonyl (C=O) groups is 1. The highest BCUT2D eigenvalue weighted by Gasteiger charge is 2.12. The molecule has 0 aliphatic carbocycles. The first-order valence-corrected chi connectivity index (χ1v) is 6.06. The molecule has 0 spiro atoms. The summed E-state index contributed by atoms with van der Waals surface area (Å²) in [6.07, 6.45) is 2.05. The van der Waals surface area contributed by atoms with E-state index in [9.17, 15) is 4.79 Å². The van der Waals surface area contributed by atoms with Crippen LogP contribution in [0.25, 0.3) is 0 Å². The van der Waals surface area contributed by atoms with Crippen molar-refractivity contribution in [2.45, 2.75) is 13.5 Å². The van der Waals surface area contributed by atoms with Gasteiger partial charge in [0.05, 0.1) is 0 Å². The summed E-state index contributed by atoms with van der Waals surface area (Å²) in [6, 6.07) is 1.57. The molecule has 2 N–H and O–H groups in total. The summed E-state index contributed by atoms with van der Waals surface area (Å²) in [6.45, 7) is 3.34. The third-order valence-electron chi connectivity index (χ3n) is 2.03. The number of carboxylic acids is 1. The van der Waals surface area contributed by atoms with Crippen LogP contribution in [0.3, 0.4) is 0 Å². The number of carboxylic acid groups (broad SMARTS) is 1. The first kappa shape index (κ1) is 12.1. The van der Waals surface area contributed by atoms with Gasteiger partial charge in [0.15, 0.2) is 0 Å². The maximum Gasteiger partial charge on any atom is 0.371 e. The Morgan fingerprint density at radius 3 is 2.93 bits per heavy atom. The topological polar surface area (TPSA) is 62.5 Å². The molecule has 1 aromatic heterocycles. The third kappa shape index (κ3) is 3.60. The van der Waals surface area contributed by atoms with E-state index in [1.165, 1.54) is 0 Å². The van der Waals surface area contributed by atoms with E-state index in [0.717, 1.165) is 17.9 Å². The van der Waals surface area contributed by atoms with Crippen molar-refractivity contribution in [3.8, 4) is 0 Å². The van der Waals surface area contributed by atoms with E-state index in [4.69, 9.17) is 9.52 Å². The molecule has 5 heteroatoms. The SMILES string of the molecule is CSCCNCc1cc(C(=O)O)oc1C. The molecule has 0 saturated heterocycles. The van der Waals surface area contributed by atoms with Crippen molar-refractivity contribution >= 4 is 17.7 Å². The van der Waals surface area contributed by atoms with Crippen molar-refractivity contribution in [3.05, 3.63) is 23.2 Å². The van der Waals surface area contributed by atoms with Gasteiger partial charge in [0, 0.05) is 24.4 Å². The Kier molecular flexibility index (Phi) is 4.71. The zero-order chi connectivity index (χ0) is 11.3. The highest BCUT2D eigenvalue weighted by Crippen LogP contribution is 2.14. The molecule has 0 radical (unpaired) electrons. The molecule has 1 aromatic rings. The summed E-state index contributed by atoms with van der Waals surface area (Å²) in [7, 11) is 0. The second kappa shape index (κ2) is 5.82. The molecule has 0 aliphatic heterocycles. The van der Waals surface area contributed by atoms with Gasteiger partial charge in [-0.25, -0.2) is 4.79 Å². The summed E-state index contributed by atoms with van der Waals surface area (Å²) < 4.78 is 5.09. The molecule has 0 bridgehead atoms. The highest BCUT2D eigenvalue weighted by atomic mass is 32.2. The molecule has 1 heterocycles. The Morgan fingerprint density at radius 2 is 2.40 bits per heavy atom. The first-order chi connectivity index (χ1) is 7.15. The first-order valence-electron chi connectivity index (χ1n) is 4.67. The maximum atomic E-state index is 10.6. The van der Waals surface area contributed by atoms with E-state index in [1.54, 1.807) is 24.8 Å². The Morgan fingerprint density at radius 1 is 1.67 bits per heavy atom. The van der Waals surface area contributed by atoms with E-state index < -0.39 is 5.97 Å². The zero-order valence-electron chi connectivity index (χ0n) is 8.87. The van der Waals surface area contributed by atoms with Crippen LogP contribution in [-0.4, -0.2) is 29.6 Å². The minimum Gasteiger partial charge on any atom is -0.475 e. The number of thioether (sulfide) groups is 1. The highest BCUT2D eigenvalue weighted by molar-refractivity contribution is 7.98. The number of rotatable bonds is 6. The second-order valence-corrected chi connectivity index (χ2v) is 4.15. The standard InChI is InChI=1S/C10H15NO3S/c1-7-8(6-11-3-4-15-2)5-9(14-7)10(12)13/h5,11H,3-4,6H2,1-2H3,(H,12,13). The maximum absolute atomic E-state index is 10.6. The van der Waals surface area contributed by atoms with E-state index in [0.29, 0.717) is 12.3 Å². The fourth-order valence-corrected chi connectivity index (χ4v) is 1.55. The molecule has 0 aromatic carbocycles. The average Bonchev–Trinajstić information content (AvgIpc) is 2.55. The predicted octanol–water partition coefficient (Wildman–Crippen LogP) is 1.74. The molecule has 0 aliphatic rings. The predicted molar refractivity (Wildman–Crippen MR) is 60.5 cm³/mol. The van der Waals surface area contributed by atoms with Crippen molar-refractivity contribution in [3.63, 3.8) is 0 Å². The van der Waals surface area contributed by atoms with Gasteiger partial charge in [0.25, 0.3) is 0 Å². The molecule has 15 heavy (non-hydrogen) atoms. The molecule has 4 nitrogen and oxygen atoms in total. The number of aromatic carboxylic acids is 1. The number of furan rings is 1. The number of hydrogen-bond donors (Lipinski definition) is 2. The van der Waals surface area contributed by atoms with Gasteiger partial charge in [-0.15, -0.1) is 0 Å². The number of aryl methyl sites for hydroxylation is 1. The van der Waals surface area contributed by atoms with Crippen LogP contribution >= 0.6 is 11.8 Å². The Balaban J connectivity index is 2.50. The minimum absolute atomic E-state index is 0.00849. The molecule has 0 amide bonds. The van der Waals surface area contributed by atoms with Gasteiger partial charge in [-0.1, -0.05) is 0 Å². The number of nitrogens with one attached hydrogen (secondary N) is 1. The van der Waals surface area contributed by atoms with Gasteiger partial charge in [0.1, 0.15) is 5.76 Å². The minimum atomic E-state index is -1.02. The van der Waals surface area contributed by atoms with Gasteiger partial charge in [-0.2, -0.15) is 11.8 Å². The van der Waals surface area contributed by atoms with Gasteiger partial charge in [-0.05, 0) is 19.2 Å². The Bertz CT molecular complexity index is 335. The smallest absolute Gasteiger partial charge is 0.371 e.